The predicted molar refractivity (Wildman–Crippen MR) is 123 cm³/mol. The summed E-state index contributed by atoms with van der Waals surface area (Å²) < 4.78 is 5.32. The largest absolute Gasteiger partial charge is 0.447 e. The van der Waals surface area contributed by atoms with Crippen LogP contribution in [-0.2, 0) is 16.1 Å². The van der Waals surface area contributed by atoms with Gasteiger partial charge in [-0.3, -0.25) is 15.1 Å². The van der Waals surface area contributed by atoms with Crippen molar-refractivity contribution in [2.24, 2.45) is 0 Å². The number of rotatable bonds is 9. The van der Waals surface area contributed by atoms with Gasteiger partial charge in [0.1, 0.15) is 12.4 Å². The topological polar surface area (TPSA) is 104 Å². The molecule has 1 atom stereocenters. The molecule has 2 aromatic carbocycles. The smallest absolute Gasteiger partial charge is 0.412 e. The minimum atomic E-state index is -0.703. The number of aliphatic hydroxyl groups is 1. The van der Waals surface area contributed by atoms with Crippen LogP contribution in [0.2, 0.25) is 5.02 Å². The fourth-order valence-corrected chi connectivity index (χ4v) is 3.41. The number of nitrogens with zero attached hydrogens (tertiary/aromatic N) is 2. The van der Waals surface area contributed by atoms with Crippen LogP contribution in [0.4, 0.5) is 10.6 Å². The third-order valence-corrected chi connectivity index (χ3v) is 5.20. The summed E-state index contributed by atoms with van der Waals surface area (Å²) >= 11 is 6.18. The van der Waals surface area contributed by atoms with Gasteiger partial charge in [-0.05, 0) is 29.5 Å². The first-order chi connectivity index (χ1) is 15.5. The lowest BCUT2D eigenvalue weighted by Crippen LogP contribution is -2.51. The monoisotopic (exact) mass is 456 g/mol. The molecule has 32 heavy (non-hydrogen) atoms. The zero-order valence-corrected chi connectivity index (χ0v) is 18.4. The van der Waals surface area contributed by atoms with Gasteiger partial charge in [0.15, 0.2) is 0 Å². The second-order valence-corrected chi connectivity index (χ2v) is 7.53. The molecule has 1 aromatic heterocycles. The van der Waals surface area contributed by atoms with Gasteiger partial charge < -0.3 is 9.84 Å². The Morgan fingerprint density at radius 1 is 1.16 bits per heavy atom. The van der Waals surface area contributed by atoms with Gasteiger partial charge >= 0.3 is 6.09 Å². The van der Waals surface area contributed by atoms with E-state index in [2.05, 4.69) is 15.7 Å². The second-order valence-electron chi connectivity index (χ2n) is 7.12. The van der Waals surface area contributed by atoms with Gasteiger partial charge in [0.25, 0.3) is 0 Å². The van der Waals surface area contributed by atoms with Crippen molar-refractivity contribution in [1.29, 1.82) is 0 Å². The molecule has 0 spiro atoms. The Bertz CT molecular complexity index is 1080. The fourth-order valence-electron chi connectivity index (χ4n) is 3.21. The Kier molecular flexibility index (Phi) is 8.38. The molecule has 2 amide bonds. The van der Waals surface area contributed by atoms with Crippen molar-refractivity contribution in [3.63, 3.8) is 0 Å². The van der Waals surface area contributed by atoms with Gasteiger partial charge in [-0.25, -0.2) is 15.2 Å². The van der Waals surface area contributed by atoms with Crippen molar-refractivity contribution in [3.05, 3.63) is 71.4 Å². The second kappa shape index (κ2) is 11.4. The van der Waals surface area contributed by atoms with Crippen molar-refractivity contribution in [1.82, 2.24) is 15.4 Å². The lowest BCUT2D eigenvalue weighted by atomic mass is 10.2. The van der Waals surface area contributed by atoms with Crippen LogP contribution in [0, 0.1) is 0 Å². The number of carbonyl (C=O) groups excluding carboxylic acids is 2. The van der Waals surface area contributed by atoms with Crippen molar-refractivity contribution < 1.29 is 19.4 Å². The number of pyridine rings is 1. The third kappa shape index (κ3) is 6.40. The molecule has 3 aromatic rings. The number of anilines is 1. The molecule has 0 saturated heterocycles. The van der Waals surface area contributed by atoms with Crippen LogP contribution in [0.5, 0.6) is 0 Å². The maximum Gasteiger partial charge on any atom is 0.412 e. The Hall–Kier alpha value is -3.20. The van der Waals surface area contributed by atoms with Crippen molar-refractivity contribution in [3.8, 4) is 0 Å². The first kappa shape index (κ1) is 23.5. The standard InChI is InChI=1S/C23H25ClN4O4/c1-16(30)28(26-14-19-8-4-5-9-21(19)24)20(10-11-29)15-32-23(31)27-22-12-17-6-2-3-7-18(17)13-25-22/h2-9,12-13,20,26,29H,10-11,14-15H2,1H3,(H,25,27,31)/t20-/m0/s1. The number of amides is 2. The predicted octanol–water partition coefficient (Wildman–Crippen LogP) is 3.74. The van der Waals surface area contributed by atoms with E-state index in [1.807, 2.05) is 42.5 Å². The van der Waals surface area contributed by atoms with Crippen LogP contribution in [-0.4, -0.2) is 46.4 Å². The van der Waals surface area contributed by atoms with E-state index in [1.165, 1.54) is 11.9 Å². The van der Waals surface area contributed by atoms with Gasteiger partial charge in [0.05, 0.1) is 6.04 Å². The molecule has 0 aliphatic rings. The van der Waals surface area contributed by atoms with E-state index in [9.17, 15) is 14.7 Å². The highest BCUT2D eigenvalue weighted by Crippen LogP contribution is 2.17. The first-order valence-electron chi connectivity index (χ1n) is 10.1. The molecule has 168 valence electrons. The number of aromatic nitrogens is 1. The van der Waals surface area contributed by atoms with Crippen LogP contribution in [0.15, 0.2) is 60.8 Å². The molecular formula is C23H25ClN4O4. The highest BCUT2D eigenvalue weighted by atomic mass is 35.5. The van der Waals surface area contributed by atoms with E-state index in [0.29, 0.717) is 17.4 Å². The fraction of sp³-hybridized carbons (Fsp3) is 0.261. The number of halogens is 1. The Balaban J connectivity index is 1.60. The molecule has 8 nitrogen and oxygen atoms in total. The van der Waals surface area contributed by atoms with E-state index in [1.54, 1.807) is 18.3 Å². The molecule has 0 aliphatic carbocycles. The maximum absolute atomic E-state index is 12.3. The van der Waals surface area contributed by atoms with Crippen LogP contribution in [0.25, 0.3) is 10.8 Å². The molecule has 0 saturated carbocycles. The molecule has 0 bridgehead atoms. The third-order valence-electron chi connectivity index (χ3n) is 4.83. The van der Waals surface area contributed by atoms with Crippen LogP contribution in [0.1, 0.15) is 18.9 Å². The summed E-state index contributed by atoms with van der Waals surface area (Å²) in [5, 5.41) is 15.8. The lowest BCUT2D eigenvalue weighted by molar-refractivity contribution is -0.136. The van der Waals surface area contributed by atoms with E-state index in [0.717, 1.165) is 16.3 Å². The summed E-state index contributed by atoms with van der Waals surface area (Å²) in [5.74, 6) is 0.0726. The van der Waals surface area contributed by atoms with Crippen molar-refractivity contribution in [2.45, 2.75) is 25.9 Å². The Morgan fingerprint density at radius 2 is 1.88 bits per heavy atom. The summed E-state index contributed by atoms with van der Waals surface area (Å²) in [6.07, 6.45) is 1.18. The number of carbonyl (C=O) groups is 2. The summed E-state index contributed by atoms with van der Waals surface area (Å²) in [7, 11) is 0. The minimum absolute atomic E-state index is 0.116. The summed E-state index contributed by atoms with van der Waals surface area (Å²) in [5.41, 5.74) is 3.83. The zero-order chi connectivity index (χ0) is 22.9. The summed E-state index contributed by atoms with van der Waals surface area (Å²) in [6.45, 7) is 1.39. The maximum atomic E-state index is 12.3. The number of ether oxygens (including phenoxy) is 1. The first-order valence-corrected chi connectivity index (χ1v) is 10.5. The van der Waals surface area contributed by atoms with E-state index >= 15 is 0 Å². The summed E-state index contributed by atoms with van der Waals surface area (Å²) in [6, 6.07) is 16.1. The number of nitrogens with one attached hydrogen (secondary N) is 2. The average Bonchev–Trinajstić information content (AvgIpc) is 2.78. The molecular weight excluding hydrogens is 432 g/mol. The van der Waals surface area contributed by atoms with E-state index in [-0.39, 0.29) is 25.5 Å². The number of hydrazine groups is 1. The minimum Gasteiger partial charge on any atom is -0.447 e. The van der Waals surface area contributed by atoms with E-state index in [4.69, 9.17) is 16.3 Å². The van der Waals surface area contributed by atoms with Gasteiger partial charge in [0, 0.05) is 36.7 Å². The normalized spacial score (nSPS) is 11.7. The molecule has 1 heterocycles. The summed E-state index contributed by atoms with van der Waals surface area (Å²) in [4.78, 5) is 28.7. The molecule has 3 N–H and O–H groups in total. The van der Waals surface area contributed by atoms with Gasteiger partial charge in [-0.15, -0.1) is 0 Å². The number of benzene rings is 2. The molecule has 0 aliphatic heterocycles. The van der Waals surface area contributed by atoms with Gasteiger partial charge in [-0.1, -0.05) is 54.1 Å². The van der Waals surface area contributed by atoms with Gasteiger partial charge in [0.2, 0.25) is 5.91 Å². The van der Waals surface area contributed by atoms with Crippen LogP contribution < -0.4 is 10.7 Å². The van der Waals surface area contributed by atoms with Crippen molar-refractivity contribution in [2.75, 3.05) is 18.5 Å². The molecule has 9 heteroatoms. The van der Waals surface area contributed by atoms with Crippen LogP contribution >= 0.6 is 11.6 Å². The number of hydrogen-bond acceptors (Lipinski definition) is 6. The molecule has 0 fully saturated rings. The van der Waals surface area contributed by atoms with E-state index < -0.39 is 12.1 Å². The molecule has 3 rings (SSSR count). The highest BCUT2D eigenvalue weighted by Gasteiger charge is 2.23. The van der Waals surface area contributed by atoms with Crippen LogP contribution in [0.3, 0.4) is 0 Å². The number of aliphatic hydroxyl groups excluding tert-OH is 1. The molecule has 0 radical (unpaired) electrons. The lowest BCUT2D eigenvalue weighted by Gasteiger charge is -2.30. The molecule has 0 unspecified atom stereocenters. The Morgan fingerprint density at radius 3 is 2.59 bits per heavy atom. The quantitative estimate of drug-likeness (QED) is 0.424. The highest BCUT2D eigenvalue weighted by molar-refractivity contribution is 6.31. The SMILES string of the molecule is CC(=O)N(NCc1ccccc1Cl)[C@@H](CCO)COC(=O)Nc1cc2ccccc2cn1. The zero-order valence-electron chi connectivity index (χ0n) is 17.6. The average molecular weight is 457 g/mol. The van der Waals surface area contributed by atoms with Gasteiger partial charge in [-0.2, -0.15) is 0 Å². The number of fused-ring (bicyclic) bond motifs is 1. The van der Waals surface area contributed by atoms with Crippen molar-refractivity contribution >= 4 is 40.2 Å². The number of hydrogen-bond donors (Lipinski definition) is 3. The Labute approximate surface area is 191 Å².